The Morgan fingerprint density at radius 2 is 1.35 bits per heavy atom. The lowest BCUT2D eigenvalue weighted by molar-refractivity contribution is -0.763. The molecule has 442 valence electrons. The second kappa shape index (κ2) is 31.2. The third-order valence-electron chi connectivity index (χ3n) is 9.88. The second-order valence-electron chi connectivity index (χ2n) is 15.5. The summed E-state index contributed by atoms with van der Waals surface area (Å²) in [5.41, 5.74) is 0.846. The number of carbonyl (C=O) groups is 3. The van der Waals surface area contributed by atoms with Crippen molar-refractivity contribution in [1.29, 1.82) is 0 Å². The fraction of sp³-hybridized carbons (Fsp3) is 0.333. The Balaban J connectivity index is 1.37. The molecule has 0 fully saturated rings. The minimum atomic E-state index is -5.03. The van der Waals surface area contributed by atoms with Crippen molar-refractivity contribution in [2.24, 2.45) is 0 Å². The molecule has 37 nitrogen and oxygen atoms in total. The van der Waals surface area contributed by atoms with Crippen LogP contribution in [0.5, 0.6) is 28.9 Å². The maximum atomic E-state index is 15.0. The third-order valence-corrected chi connectivity index (χ3v) is 11.5. The maximum absolute atomic E-state index is 15.0. The molecular weight excluding hydrogens is 1140 g/mol. The monoisotopic (exact) mass is 1190 g/mol. The Labute approximate surface area is 466 Å². The van der Waals surface area contributed by atoms with Gasteiger partial charge in [0.1, 0.15) is 57.7 Å². The summed E-state index contributed by atoms with van der Waals surface area (Å²) >= 11 is 0. The first-order valence-corrected chi connectivity index (χ1v) is 25.0. The SMILES string of the molecule is COc1ccccc1Oc1c(OCCOC(=O)Oc2cccc(CO[N+](=O)[O-])c2)nc(-c2ccnc(-c3nnnn3COC(=O)OCCOCCO[N+](=O)[O-])c2)nc1N(COC(=O)OCCOCCO[N+](=O)[O-])S(=O)(=O)c1ccc(C)cn1. The van der Waals surface area contributed by atoms with E-state index in [9.17, 15) is 53.1 Å². The third kappa shape index (κ3) is 19.6. The number of carbonyl (C=O) groups excluding carboxylic acids is 3. The normalized spacial score (nSPS) is 10.8. The lowest BCUT2D eigenvalue weighted by atomic mass is 10.2. The highest BCUT2D eigenvalue weighted by Crippen LogP contribution is 2.44. The number of aromatic nitrogens is 8. The number of hydrogen-bond donors (Lipinski definition) is 0. The van der Waals surface area contributed by atoms with Gasteiger partial charge in [-0.3, -0.25) is 4.98 Å². The Morgan fingerprint density at radius 1 is 0.687 bits per heavy atom. The molecule has 0 bridgehead atoms. The zero-order chi connectivity index (χ0) is 59.6. The topological polar surface area (TPSA) is 442 Å². The molecule has 4 heterocycles. The maximum Gasteiger partial charge on any atom is 0.513 e. The number of hydrogen-bond acceptors (Lipinski definition) is 32. The molecule has 0 saturated heterocycles. The van der Waals surface area contributed by atoms with Gasteiger partial charge in [-0.2, -0.15) is 18.1 Å². The van der Waals surface area contributed by atoms with Gasteiger partial charge in [0, 0.05) is 18.0 Å². The number of ether oxygens (including phenoxy) is 11. The van der Waals surface area contributed by atoms with E-state index in [4.69, 9.17) is 52.1 Å². The first-order valence-electron chi connectivity index (χ1n) is 23.5. The van der Waals surface area contributed by atoms with Crippen LogP contribution in [0.1, 0.15) is 11.1 Å². The van der Waals surface area contributed by atoms with Crippen LogP contribution in [-0.4, -0.2) is 162 Å². The number of methoxy groups -OCH3 is 1. The molecule has 4 aromatic heterocycles. The molecule has 0 amide bonds. The van der Waals surface area contributed by atoms with Gasteiger partial charge in [-0.05, 0) is 70.9 Å². The van der Waals surface area contributed by atoms with E-state index in [-0.39, 0.29) is 85.4 Å². The van der Waals surface area contributed by atoms with Crippen molar-refractivity contribution in [3.63, 3.8) is 0 Å². The molecular formula is C45H46N12O25S. The largest absolute Gasteiger partial charge is 0.513 e. The lowest BCUT2D eigenvalue weighted by Gasteiger charge is -2.26. The van der Waals surface area contributed by atoms with Gasteiger partial charge >= 0.3 is 18.5 Å². The standard InChI is InChI=1S/C45H46N12O25S/c1-30-10-11-37(47-26-30)83(67,68)54(29-77-44(59)74-19-15-71-17-23-79-56(63)64)41-38(82-36-9-4-3-8-35(36)69-2)42(72-20-21-75-45(60)81-33-7-5-6-31(24-33)27-80-57(65)66)49-39(48-41)32-12-13-46-34(25-32)40-50-51-52-53(40)28-76-43(58)73-18-14-70-16-22-78-55(61)62/h3-13,24-26H,14-23,27-29H2,1-2H3. The van der Waals surface area contributed by atoms with E-state index in [2.05, 4.69) is 50.0 Å². The zero-order valence-electron chi connectivity index (χ0n) is 43.3. The molecule has 6 aromatic rings. The van der Waals surface area contributed by atoms with Crippen molar-refractivity contribution >= 4 is 34.3 Å². The van der Waals surface area contributed by atoms with E-state index in [1.54, 1.807) is 19.1 Å². The van der Waals surface area contributed by atoms with Crippen LogP contribution in [0.4, 0.5) is 20.2 Å². The summed E-state index contributed by atoms with van der Waals surface area (Å²) in [6.45, 7) is -4.26. The summed E-state index contributed by atoms with van der Waals surface area (Å²) in [5.74, 6) is -2.38. The molecule has 0 atom stereocenters. The summed E-state index contributed by atoms with van der Waals surface area (Å²) in [6.07, 6.45) is -1.37. The minimum absolute atomic E-state index is 0.0202. The number of anilines is 1. The summed E-state index contributed by atoms with van der Waals surface area (Å²) in [5, 5.41) is 39.3. The van der Waals surface area contributed by atoms with Crippen LogP contribution in [0, 0.1) is 37.3 Å². The Morgan fingerprint density at radius 3 is 2.02 bits per heavy atom. The number of sulfonamides is 1. The Kier molecular flexibility index (Phi) is 23.2. The number of para-hydroxylation sites is 2. The summed E-state index contributed by atoms with van der Waals surface area (Å²) in [4.78, 5) is 100. The van der Waals surface area contributed by atoms with Crippen molar-refractivity contribution < 1.29 is 105 Å². The van der Waals surface area contributed by atoms with Crippen molar-refractivity contribution in [2.75, 3.05) is 84.2 Å². The summed E-state index contributed by atoms with van der Waals surface area (Å²) in [7, 11) is -3.71. The van der Waals surface area contributed by atoms with Crippen LogP contribution in [-0.2, 0) is 71.0 Å². The number of aryl methyl sites for hydroxylation is 1. The average Bonchev–Trinajstić information content (AvgIpc) is 4.10. The number of rotatable bonds is 34. The van der Waals surface area contributed by atoms with Crippen LogP contribution < -0.4 is 23.3 Å². The van der Waals surface area contributed by atoms with Crippen molar-refractivity contribution in [3.05, 3.63) is 127 Å². The molecule has 0 aliphatic carbocycles. The smallest absolute Gasteiger partial charge is 0.493 e. The summed E-state index contributed by atoms with van der Waals surface area (Å²) < 4.78 is 90.6. The minimum Gasteiger partial charge on any atom is -0.493 e. The van der Waals surface area contributed by atoms with E-state index >= 15 is 0 Å². The number of benzene rings is 2. The quantitative estimate of drug-likeness (QED) is 0.0105. The molecule has 0 unspecified atom stereocenters. The Hall–Kier alpha value is -10.6. The predicted octanol–water partition coefficient (Wildman–Crippen LogP) is 3.87. The molecule has 38 heteroatoms. The highest BCUT2D eigenvalue weighted by Gasteiger charge is 2.35. The lowest BCUT2D eigenvalue weighted by Crippen LogP contribution is -2.36. The van der Waals surface area contributed by atoms with Gasteiger partial charge in [-0.1, -0.05) is 30.3 Å². The van der Waals surface area contributed by atoms with Crippen LogP contribution in [0.15, 0.2) is 90.2 Å². The van der Waals surface area contributed by atoms with Crippen LogP contribution in [0.25, 0.3) is 22.9 Å². The van der Waals surface area contributed by atoms with Crippen molar-refractivity contribution in [3.8, 4) is 51.8 Å². The molecule has 0 N–H and O–H groups in total. The fourth-order valence-corrected chi connectivity index (χ4v) is 7.48. The average molecular weight is 1190 g/mol. The fourth-order valence-electron chi connectivity index (χ4n) is 6.29. The first kappa shape index (κ1) is 61.6. The molecule has 0 saturated carbocycles. The van der Waals surface area contributed by atoms with Gasteiger partial charge in [0.25, 0.3) is 31.2 Å². The number of pyridine rings is 2. The van der Waals surface area contributed by atoms with E-state index in [0.29, 0.717) is 9.87 Å². The highest BCUT2D eigenvalue weighted by molar-refractivity contribution is 7.92. The van der Waals surface area contributed by atoms with E-state index in [1.165, 1.54) is 74.1 Å². The molecule has 0 aliphatic rings. The van der Waals surface area contributed by atoms with Gasteiger partial charge < -0.3 is 66.6 Å². The second-order valence-corrected chi connectivity index (χ2v) is 17.3. The van der Waals surface area contributed by atoms with Crippen LogP contribution in [0.3, 0.4) is 0 Å². The van der Waals surface area contributed by atoms with Crippen LogP contribution >= 0.6 is 0 Å². The highest BCUT2D eigenvalue weighted by atomic mass is 32.2. The Bertz CT molecular complexity index is 3290. The van der Waals surface area contributed by atoms with E-state index in [0.717, 1.165) is 10.7 Å². The van der Waals surface area contributed by atoms with E-state index < -0.39 is 113 Å². The van der Waals surface area contributed by atoms with E-state index in [1.807, 2.05) is 0 Å². The van der Waals surface area contributed by atoms with Crippen molar-refractivity contribution in [2.45, 2.75) is 25.3 Å². The van der Waals surface area contributed by atoms with Crippen LogP contribution in [0.2, 0.25) is 0 Å². The number of tetrazole rings is 1. The van der Waals surface area contributed by atoms with Gasteiger partial charge in [0.05, 0.1) is 33.5 Å². The van der Waals surface area contributed by atoms with Gasteiger partial charge in [0.2, 0.25) is 11.6 Å². The van der Waals surface area contributed by atoms with Crippen molar-refractivity contribution in [1.82, 2.24) is 40.1 Å². The first-order chi connectivity index (χ1) is 40.0. The van der Waals surface area contributed by atoms with Gasteiger partial charge in [0.15, 0.2) is 41.6 Å². The predicted molar refractivity (Wildman–Crippen MR) is 267 cm³/mol. The molecule has 2 aromatic carbocycles. The molecule has 0 aliphatic heterocycles. The molecule has 83 heavy (non-hydrogen) atoms. The zero-order valence-corrected chi connectivity index (χ0v) is 44.1. The summed E-state index contributed by atoms with van der Waals surface area (Å²) in [6, 6.07) is 16.9. The van der Waals surface area contributed by atoms with Gasteiger partial charge in [-0.15, -0.1) is 35.4 Å². The molecule has 0 radical (unpaired) electrons. The number of nitrogens with zero attached hydrogens (tertiary/aromatic N) is 12. The van der Waals surface area contributed by atoms with Gasteiger partial charge in [-0.25, -0.2) is 28.7 Å². The molecule has 0 spiro atoms. The molecule has 6 rings (SSSR count).